The van der Waals surface area contributed by atoms with Crippen LogP contribution < -0.4 is 16.0 Å². The van der Waals surface area contributed by atoms with E-state index in [1.165, 1.54) is 22.0 Å². The molecule has 0 fully saturated rings. The molecular formula is C24H30N4O2. The van der Waals surface area contributed by atoms with E-state index in [0.29, 0.717) is 25.2 Å². The van der Waals surface area contributed by atoms with Crippen LogP contribution in [-0.4, -0.2) is 30.0 Å². The first kappa shape index (κ1) is 21.4. The maximum atomic E-state index is 12.3. The summed E-state index contributed by atoms with van der Waals surface area (Å²) in [6.45, 7) is 5.39. The van der Waals surface area contributed by atoms with Crippen LogP contribution in [0.15, 0.2) is 48.7 Å². The summed E-state index contributed by atoms with van der Waals surface area (Å²) in [6.07, 6.45) is 5.02. The average molecular weight is 407 g/mol. The van der Waals surface area contributed by atoms with Crippen LogP contribution in [0, 0.1) is 0 Å². The number of urea groups is 1. The van der Waals surface area contributed by atoms with Crippen LogP contribution in [0.1, 0.15) is 37.0 Å². The van der Waals surface area contributed by atoms with Gasteiger partial charge in [-0.2, -0.15) is 0 Å². The van der Waals surface area contributed by atoms with E-state index in [2.05, 4.69) is 46.1 Å². The molecule has 0 bridgehead atoms. The van der Waals surface area contributed by atoms with Gasteiger partial charge in [0.05, 0.1) is 6.42 Å². The Kier molecular flexibility index (Phi) is 7.49. The first-order valence-corrected chi connectivity index (χ1v) is 10.6. The van der Waals surface area contributed by atoms with Crippen molar-refractivity contribution in [2.45, 2.75) is 39.5 Å². The number of aromatic nitrogens is 1. The Balaban J connectivity index is 1.46. The van der Waals surface area contributed by atoms with E-state index >= 15 is 0 Å². The van der Waals surface area contributed by atoms with Gasteiger partial charge in [-0.15, -0.1) is 0 Å². The molecule has 3 amide bonds. The molecule has 1 aromatic heterocycles. The lowest BCUT2D eigenvalue weighted by atomic mass is 10.1. The molecule has 3 aromatic rings. The summed E-state index contributed by atoms with van der Waals surface area (Å²) in [6, 6.07) is 13.5. The maximum absolute atomic E-state index is 12.3. The molecule has 3 rings (SSSR count). The highest BCUT2D eigenvalue weighted by Gasteiger charge is 2.08. The average Bonchev–Trinajstić information content (AvgIpc) is 3.17. The number of amides is 3. The van der Waals surface area contributed by atoms with Gasteiger partial charge in [0.25, 0.3) is 0 Å². The number of carbonyl (C=O) groups excluding carboxylic acids is 2. The van der Waals surface area contributed by atoms with Crippen molar-refractivity contribution in [3.05, 3.63) is 65.4 Å². The van der Waals surface area contributed by atoms with Crippen LogP contribution in [0.4, 0.5) is 10.5 Å². The van der Waals surface area contributed by atoms with Crippen molar-refractivity contribution in [2.24, 2.45) is 0 Å². The molecule has 0 radical (unpaired) electrons. The SMILES string of the molecule is CCCNC(=O)Nc1ccc(CC(=O)NCCc2c[nH]c3c(CC)cccc23)cc1. The van der Waals surface area contributed by atoms with Gasteiger partial charge in [0.2, 0.25) is 5.91 Å². The zero-order valence-electron chi connectivity index (χ0n) is 17.7. The van der Waals surface area contributed by atoms with Crippen molar-refractivity contribution >= 4 is 28.5 Å². The summed E-state index contributed by atoms with van der Waals surface area (Å²) in [7, 11) is 0. The van der Waals surface area contributed by atoms with Crippen molar-refractivity contribution in [3.8, 4) is 0 Å². The van der Waals surface area contributed by atoms with Gasteiger partial charge >= 0.3 is 6.03 Å². The number of rotatable bonds is 9. The first-order valence-electron chi connectivity index (χ1n) is 10.6. The number of fused-ring (bicyclic) bond motifs is 1. The number of anilines is 1. The summed E-state index contributed by atoms with van der Waals surface area (Å²) in [5, 5.41) is 9.77. The highest BCUT2D eigenvalue weighted by Crippen LogP contribution is 2.22. The Labute approximate surface area is 177 Å². The van der Waals surface area contributed by atoms with Gasteiger partial charge in [-0.25, -0.2) is 4.79 Å². The third-order valence-electron chi connectivity index (χ3n) is 5.10. The fraction of sp³-hybridized carbons (Fsp3) is 0.333. The first-order chi connectivity index (χ1) is 14.6. The Morgan fingerprint density at radius 2 is 1.73 bits per heavy atom. The van der Waals surface area contributed by atoms with Gasteiger partial charge in [0.15, 0.2) is 0 Å². The molecular weight excluding hydrogens is 376 g/mol. The minimum Gasteiger partial charge on any atom is -0.361 e. The second-order valence-corrected chi connectivity index (χ2v) is 7.36. The summed E-state index contributed by atoms with van der Waals surface area (Å²) in [4.78, 5) is 27.3. The number of benzene rings is 2. The fourth-order valence-corrected chi connectivity index (χ4v) is 3.48. The van der Waals surface area contributed by atoms with Crippen LogP contribution in [0.25, 0.3) is 10.9 Å². The number of hydrogen-bond acceptors (Lipinski definition) is 2. The van der Waals surface area contributed by atoms with Crippen molar-refractivity contribution < 1.29 is 9.59 Å². The standard InChI is InChI=1S/C24H30N4O2/c1-3-13-26-24(30)28-20-10-8-17(9-11-20)15-22(29)25-14-12-19-16-27-23-18(4-2)6-5-7-21(19)23/h5-11,16,27H,3-4,12-15H2,1-2H3,(H,25,29)(H2,26,28,30). The van der Waals surface area contributed by atoms with Crippen LogP contribution in [-0.2, 0) is 24.1 Å². The molecule has 0 aliphatic carbocycles. The molecule has 2 aromatic carbocycles. The van der Waals surface area contributed by atoms with E-state index < -0.39 is 0 Å². The Morgan fingerprint density at radius 3 is 2.47 bits per heavy atom. The maximum Gasteiger partial charge on any atom is 0.319 e. The minimum absolute atomic E-state index is 0.00881. The van der Waals surface area contributed by atoms with E-state index in [1.54, 1.807) is 0 Å². The number of H-pyrrole nitrogens is 1. The highest BCUT2D eigenvalue weighted by atomic mass is 16.2. The van der Waals surface area contributed by atoms with E-state index in [-0.39, 0.29) is 11.9 Å². The molecule has 0 saturated carbocycles. The lowest BCUT2D eigenvalue weighted by molar-refractivity contribution is -0.120. The number of aryl methyl sites for hydroxylation is 1. The molecule has 4 N–H and O–H groups in total. The predicted octanol–water partition coefficient (Wildman–Crippen LogP) is 4.16. The van der Waals surface area contributed by atoms with E-state index in [4.69, 9.17) is 0 Å². The molecule has 0 saturated heterocycles. The molecule has 158 valence electrons. The van der Waals surface area contributed by atoms with Crippen LogP contribution >= 0.6 is 0 Å². The van der Waals surface area contributed by atoms with E-state index in [9.17, 15) is 9.59 Å². The molecule has 0 spiro atoms. The fourth-order valence-electron chi connectivity index (χ4n) is 3.48. The van der Waals surface area contributed by atoms with Crippen molar-refractivity contribution in [2.75, 3.05) is 18.4 Å². The minimum atomic E-state index is -0.217. The van der Waals surface area contributed by atoms with Gasteiger partial charge in [-0.1, -0.05) is 44.2 Å². The van der Waals surface area contributed by atoms with Crippen molar-refractivity contribution in [1.82, 2.24) is 15.6 Å². The van der Waals surface area contributed by atoms with Gasteiger partial charge in [-0.3, -0.25) is 4.79 Å². The summed E-state index contributed by atoms with van der Waals surface area (Å²) < 4.78 is 0. The number of aromatic amines is 1. The summed E-state index contributed by atoms with van der Waals surface area (Å²) >= 11 is 0. The Hall–Kier alpha value is -3.28. The number of carbonyl (C=O) groups is 2. The van der Waals surface area contributed by atoms with Gasteiger partial charge in [0.1, 0.15) is 0 Å². The third-order valence-corrected chi connectivity index (χ3v) is 5.10. The van der Waals surface area contributed by atoms with E-state index in [1.807, 2.05) is 37.4 Å². The van der Waals surface area contributed by atoms with Crippen molar-refractivity contribution in [3.63, 3.8) is 0 Å². The highest BCUT2D eigenvalue weighted by molar-refractivity contribution is 5.89. The van der Waals surface area contributed by atoms with Crippen LogP contribution in [0.2, 0.25) is 0 Å². The largest absolute Gasteiger partial charge is 0.361 e. The van der Waals surface area contributed by atoms with Gasteiger partial charge in [-0.05, 0) is 48.1 Å². The molecule has 1 heterocycles. The lowest BCUT2D eigenvalue weighted by Gasteiger charge is -2.08. The molecule has 30 heavy (non-hydrogen) atoms. The summed E-state index contributed by atoms with van der Waals surface area (Å²) in [5.41, 5.74) is 5.34. The molecule has 0 unspecified atom stereocenters. The monoisotopic (exact) mass is 406 g/mol. The molecule has 0 aliphatic heterocycles. The molecule has 6 nitrogen and oxygen atoms in total. The van der Waals surface area contributed by atoms with E-state index in [0.717, 1.165) is 24.8 Å². The quantitative estimate of drug-likeness (QED) is 0.430. The lowest BCUT2D eigenvalue weighted by Crippen LogP contribution is -2.29. The number of para-hydroxylation sites is 1. The van der Waals surface area contributed by atoms with Crippen LogP contribution in [0.3, 0.4) is 0 Å². The van der Waals surface area contributed by atoms with Gasteiger partial charge in [0, 0.05) is 35.9 Å². The second-order valence-electron chi connectivity index (χ2n) is 7.36. The Morgan fingerprint density at radius 1 is 0.933 bits per heavy atom. The number of hydrogen-bond donors (Lipinski definition) is 4. The number of nitrogens with one attached hydrogen (secondary N) is 4. The Bertz CT molecular complexity index is 992. The molecule has 0 aliphatic rings. The topological polar surface area (TPSA) is 86.0 Å². The van der Waals surface area contributed by atoms with Gasteiger partial charge < -0.3 is 20.9 Å². The summed E-state index contributed by atoms with van der Waals surface area (Å²) in [5.74, 6) is -0.00881. The smallest absolute Gasteiger partial charge is 0.319 e. The zero-order valence-corrected chi connectivity index (χ0v) is 17.7. The molecule has 0 atom stereocenters. The third kappa shape index (κ3) is 5.63. The molecule has 6 heteroatoms. The predicted molar refractivity (Wildman–Crippen MR) is 122 cm³/mol. The zero-order chi connectivity index (χ0) is 21.3. The van der Waals surface area contributed by atoms with Crippen LogP contribution in [0.5, 0.6) is 0 Å². The second kappa shape index (κ2) is 10.5. The van der Waals surface area contributed by atoms with Crippen molar-refractivity contribution in [1.29, 1.82) is 0 Å². The normalized spacial score (nSPS) is 10.7.